The number of fused-ring (bicyclic) bond motifs is 1. The molecule has 1 aromatic carbocycles. The molecular formula is C20H29N5S. The highest BCUT2D eigenvalue weighted by molar-refractivity contribution is 8.00. The Morgan fingerprint density at radius 1 is 1.31 bits per heavy atom. The highest BCUT2D eigenvalue weighted by Gasteiger charge is 2.29. The molecule has 6 heteroatoms. The number of guanidine groups is 1. The number of rotatable bonds is 5. The van der Waals surface area contributed by atoms with Gasteiger partial charge >= 0.3 is 0 Å². The summed E-state index contributed by atoms with van der Waals surface area (Å²) in [6.45, 7) is 4.00. The average Bonchev–Trinajstić information content (AvgIpc) is 3.08. The van der Waals surface area contributed by atoms with Crippen molar-refractivity contribution in [3.05, 3.63) is 35.9 Å². The smallest absolute Gasteiger partial charge is 0.191 e. The van der Waals surface area contributed by atoms with Crippen LogP contribution in [-0.2, 0) is 6.54 Å². The standard InChI is InChI=1S/C20H29N5S/c1-20(10-7-11-26-20)14-23-19(21-2)22-13-15-12-18(25(3)4)24-17-9-6-5-8-16(15)17/h5-6,8-9,12H,7,10-11,13-14H2,1-4H3,(H2,21,22,23). The number of thioether (sulfide) groups is 1. The number of nitrogens with zero attached hydrogens (tertiary/aromatic N) is 3. The number of aliphatic imine (C=N–C) groups is 1. The van der Waals surface area contributed by atoms with E-state index in [0.717, 1.165) is 23.8 Å². The van der Waals surface area contributed by atoms with Gasteiger partial charge in [-0.3, -0.25) is 4.99 Å². The lowest BCUT2D eigenvalue weighted by atomic mass is 10.1. The molecule has 1 saturated heterocycles. The zero-order chi connectivity index (χ0) is 18.6. The molecule has 5 nitrogen and oxygen atoms in total. The second-order valence-corrected chi connectivity index (χ2v) is 8.91. The first-order valence-corrected chi connectivity index (χ1v) is 10.1. The first-order chi connectivity index (χ1) is 12.5. The van der Waals surface area contributed by atoms with Crippen LogP contribution >= 0.6 is 11.8 Å². The van der Waals surface area contributed by atoms with E-state index in [1.54, 1.807) is 0 Å². The second-order valence-electron chi connectivity index (χ2n) is 7.23. The summed E-state index contributed by atoms with van der Waals surface area (Å²) in [6, 6.07) is 10.4. The third-order valence-corrected chi connectivity index (χ3v) is 6.38. The van der Waals surface area contributed by atoms with Gasteiger partial charge in [0.2, 0.25) is 0 Å². The Kier molecular flexibility index (Phi) is 5.91. The largest absolute Gasteiger partial charge is 0.363 e. The zero-order valence-electron chi connectivity index (χ0n) is 16.2. The fraction of sp³-hybridized carbons (Fsp3) is 0.500. The molecule has 0 radical (unpaired) electrons. The molecule has 3 rings (SSSR count). The van der Waals surface area contributed by atoms with Gasteiger partial charge in [0.1, 0.15) is 5.82 Å². The van der Waals surface area contributed by atoms with Gasteiger partial charge in [-0.05, 0) is 43.2 Å². The third kappa shape index (κ3) is 4.41. The minimum Gasteiger partial charge on any atom is -0.363 e. The van der Waals surface area contributed by atoms with E-state index in [4.69, 9.17) is 4.98 Å². The fourth-order valence-electron chi connectivity index (χ4n) is 3.25. The number of nitrogens with one attached hydrogen (secondary N) is 2. The molecule has 0 aliphatic carbocycles. The molecule has 1 atom stereocenters. The molecule has 2 N–H and O–H groups in total. The van der Waals surface area contributed by atoms with E-state index in [9.17, 15) is 0 Å². The van der Waals surface area contributed by atoms with Gasteiger partial charge in [-0.1, -0.05) is 18.2 Å². The summed E-state index contributed by atoms with van der Waals surface area (Å²) >= 11 is 2.06. The van der Waals surface area contributed by atoms with Crippen molar-refractivity contribution in [3.63, 3.8) is 0 Å². The highest BCUT2D eigenvalue weighted by atomic mass is 32.2. The molecule has 0 saturated carbocycles. The average molecular weight is 372 g/mol. The lowest BCUT2D eigenvalue weighted by Crippen LogP contribution is -2.43. The van der Waals surface area contributed by atoms with E-state index in [0.29, 0.717) is 11.3 Å². The molecule has 1 aromatic heterocycles. The monoisotopic (exact) mass is 371 g/mol. The quantitative estimate of drug-likeness (QED) is 0.624. The van der Waals surface area contributed by atoms with Gasteiger partial charge in [0.25, 0.3) is 0 Å². The Bertz CT molecular complexity index is 781. The van der Waals surface area contributed by atoms with Crippen LogP contribution in [0.2, 0.25) is 0 Å². The fourth-order valence-corrected chi connectivity index (χ4v) is 4.50. The third-order valence-electron chi connectivity index (χ3n) is 4.85. The zero-order valence-corrected chi connectivity index (χ0v) is 17.0. The summed E-state index contributed by atoms with van der Waals surface area (Å²) in [4.78, 5) is 11.2. The SMILES string of the molecule is CN=C(NCc1cc(N(C)C)nc2ccccc12)NCC1(C)CCCS1. The van der Waals surface area contributed by atoms with E-state index in [2.05, 4.69) is 58.6 Å². The van der Waals surface area contributed by atoms with Crippen LogP contribution in [0.15, 0.2) is 35.3 Å². The van der Waals surface area contributed by atoms with Crippen LogP contribution in [0.5, 0.6) is 0 Å². The van der Waals surface area contributed by atoms with Crippen LogP contribution in [0.25, 0.3) is 10.9 Å². The molecule has 0 spiro atoms. The molecule has 0 bridgehead atoms. The summed E-state index contributed by atoms with van der Waals surface area (Å²) in [6.07, 6.45) is 2.58. The van der Waals surface area contributed by atoms with Crippen molar-refractivity contribution in [1.29, 1.82) is 0 Å². The van der Waals surface area contributed by atoms with Crippen molar-refractivity contribution < 1.29 is 0 Å². The lowest BCUT2D eigenvalue weighted by Gasteiger charge is -2.24. The number of hydrogen-bond donors (Lipinski definition) is 2. The second kappa shape index (κ2) is 8.16. The summed E-state index contributed by atoms with van der Waals surface area (Å²) in [5, 5.41) is 8.15. The van der Waals surface area contributed by atoms with Crippen LogP contribution in [-0.4, -0.2) is 49.1 Å². The normalized spacial score (nSPS) is 20.4. The summed E-state index contributed by atoms with van der Waals surface area (Å²) < 4.78 is 0.319. The topological polar surface area (TPSA) is 52.6 Å². The molecule has 1 fully saturated rings. The molecule has 1 unspecified atom stereocenters. The summed E-state index contributed by atoms with van der Waals surface area (Å²) in [7, 11) is 5.87. The van der Waals surface area contributed by atoms with Crippen molar-refractivity contribution >= 4 is 34.4 Å². The Morgan fingerprint density at radius 3 is 2.81 bits per heavy atom. The number of pyridine rings is 1. The van der Waals surface area contributed by atoms with Crippen molar-refractivity contribution in [3.8, 4) is 0 Å². The van der Waals surface area contributed by atoms with Crippen LogP contribution in [0, 0.1) is 0 Å². The lowest BCUT2D eigenvalue weighted by molar-refractivity contribution is 0.584. The van der Waals surface area contributed by atoms with Gasteiger partial charge in [-0.25, -0.2) is 4.98 Å². The molecule has 2 heterocycles. The van der Waals surface area contributed by atoms with E-state index in [-0.39, 0.29) is 0 Å². The highest BCUT2D eigenvalue weighted by Crippen LogP contribution is 2.36. The number of anilines is 1. The maximum Gasteiger partial charge on any atom is 0.191 e. The van der Waals surface area contributed by atoms with Crippen molar-refractivity contribution in [2.24, 2.45) is 4.99 Å². The number of benzene rings is 1. The van der Waals surface area contributed by atoms with Crippen molar-refractivity contribution in [2.75, 3.05) is 38.3 Å². The van der Waals surface area contributed by atoms with E-state index in [1.165, 1.54) is 29.5 Å². The molecule has 1 aliphatic rings. The van der Waals surface area contributed by atoms with Crippen molar-refractivity contribution in [2.45, 2.75) is 31.1 Å². The summed E-state index contributed by atoms with van der Waals surface area (Å²) in [5.74, 6) is 3.09. The molecule has 1 aliphatic heterocycles. The van der Waals surface area contributed by atoms with Gasteiger partial charge in [0, 0.05) is 44.4 Å². The molecule has 2 aromatic rings. The van der Waals surface area contributed by atoms with Crippen LogP contribution in [0.3, 0.4) is 0 Å². The predicted octanol–water partition coefficient (Wildman–Crippen LogP) is 3.25. The van der Waals surface area contributed by atoms with Gasteiger partial charge in [0.05, 0.1) is 5.52 Å². The maximum atomic E-state index is 4.73. The number of hydrogen-bond acceptors (Lipinski definition) is 4. The molecule has 0 amide bonds. The van der Waals surface area contributed by atoms with Crippen molar-refractivity contribution in [1.82, 2.24) is 15.6 Å². The Morgan fingerprint density at radius 2 is 2.12 bits per heavy atom. The number of para-hydroxylation sites is 1. The van der Waals surface area contributed by atoms with Gasteiger partial charge in [-0.2, -0.15) is 11.8 Å². The molecule has 26 heavy (non-hydrogen) atoms. The Balaban J connectivity index is 1.71. The van der Waals surface area contributed by atoms with Crippen LogP contribution < -0.4 is 15.5 Å². The van der Waals surface area contributed by atoms with Gasteiger partial charge < -0.3 is 15.5 Å². The number of aromatic nitrogens is 1. The van der Waals surface area contributed by atoms with Crippen LogP contribution in [0.1, 0.15) is 25.3 Å². The van der Waals surface area contributed by atoms with Crippen LogP contribution in [0.4, 0.5) is 5.82 Å². The predicted molar refractivity (Wildman–Crippen MR) is 114 cm³/mol. The molecular weight excluding hydrogens is 342 g/mol. The first-order valence-electron chi connectivity index (χ1n) is 9.15. The van der Waals surface area contributed by atoms with E-state index >= 15 is 0 Å². The maximum absolute atomic E-state index is 4.73. The van der Waals surface area contributed by atoms with Gasteiger partial charge in [-0.15, -0.1) is 0 Å². The summed E-state index contributed by atoms with van der Waals surface area (Å²) in [5.41, 5.74) is 2.25. The Hall–Kier alpha value is -1.95. The minimum atomic E-state index is 0.319. The van der Waals surface area contributed by atoms with E-state index in [1.807, 2.05) is 32.1 Å². The molecule has 140 valence electrons. The Labute approximate surface area is 160 Å². The first kappa shape index (κ1) is 18.8. The van der Waals surface area contributed by atoms with Gasteiger partial charge in [0.15, 0.2) is 5.96 Å². The minimum absolute atomic E-state index is 0.319. The van der Waals surface area contributed by atoms with E-state index < -0.39 is 0 Å².